The van der Waals surface area contributed by atoms with Gasteiger partial charge in [-0.15, -0.1) is 0 Å². The van der Waals surface area contributed by atoms with Crippen molar-refractivity contribution in [3.63, 3.8) is 0 Å². The van der Waals surface area contributed by atoms with E-state index in [-0.39, 0.29) is 25.2 Å². The highest BCUT2D eigenvalue weighted by molar-refractivity contribution is 7.89. The molecule has 0 atom stereocenters. The van der Waals surface area contributed by atoms with Gasteiger partial charge in [-0.3, -0.25) is 0 Å². The molecule has 2 aromatic rings. The topological polar surface area (TPSA) is 69.7 Å². The molecule has 0 unspecified atom stereocenters. The summed E-state index contributed by atoms with van der Waals surface area (Å²) in [6.45, 7) is 3.80. The van der Waals surface area contributed by atoms with E-state index in [4.69, 9.17) is 0 Å². The van der Waals surface area contributed by atoms with Crippen LogP contribution in [-0.2, 0) is 10.0 Å². The summed E-state index contributed by atoms with van der Waals surface area (Å²) in [6, 6.07) is 9.31. The van der Waals surface area contributed by atoms with Crippen LogP contribution in [0.25, 0.3) is 11.1 Å². The van der Waals surface area contributed by atoms with E-state index in [0.29, 0.717) is 16.8 Å². The normalized spacial score (nSPS) is 15.2. The summed E-state index contributed by atoms with van der Waals surface area (Å²) in [7, 11) is -1.69. The second-order valence-electron chi connectivity index (χ2n) is 7.34. The number of carbonyl (C=O) groups excluding carboxylic acids is 1. The van der Waals surface area contributed by atoms with E-state index in [1.54, 1.807) is 45.2 Å². The minimum atomic E-state index is -3.31. The Morgan fingerprint density at radius 3 is 2.14 bits per heavy atom. The lowest BCUT2D eigenvalue weighted by atomic mass is 10.1. The number of hydrogen-bond donors (Lipinski definition) is 1. The molecule has 1 N–H and O–H groups in total. The van der Waals surface area contributed by atoms with Crippen molar-refractivity contribution in [3.8, 4) is 11.1 Å². The van der Waals surface area contributed by atoms with Crippen LogP contribution in [0.5, 0.6) is 0 Å². The maximum Gasteiger partial charge on any atom is 0.321 e. The van der Waals surface area contributed by atoms with Crippen LogP contribution in [-0.4, -0.2) is 55.1 Å². The first-order valence-electron chi connectivity index (χ1n) is 9.17. The molecule has 0 radical (unpaired) electrons. The van der Waals surface area contributed by atoms with Crippen LogP contribution < -0.4 is 5.32 Å². The number of urea groups is 1. The molecule has 6 nitrogen and oxygen atoms in total. The second-order valence-corrected chi connectivity index (χ2v) is 9.83. The number of carbonyl (C=O) groups is 1. The first kappa shape index (κ1) is 21.2. The quantitative estimate of drug-likeness (QED) is 0.800. The lowest BCUT2D eigenvalue weighted by Gasteiger charge is -2.43. The molecule has 2 aromatic carbocycles. The number of nitrogens with zero attached hydrogens (tertiary/aromatic N) is 2. The molecule has 1 aliphatic rings. The van der Waals surface area contributed by atoms with E-state index in [0.717, 1.165) is 6.07 Å². The highest BCUT2D eigenvalue weighted by atomic mass is 32.2. The monoisotopic (exact) mass is 423 g/mol. The molecular formula is C20H23F2N3O3S. The van der Waals surface area contributed by atoms with Gasteiger partial charge in [0.25, 0.3) is 0 Å². The van der Waals surface area contributed by atoms with Crippen LogP contribution in [0, 0.1) is 11.6 Å². The Labute approximate surface area is 169 Å². The third-order valence-corrected chi connectivity index (χ3v) is 7.19. The summed E-state index contributed by atoms with van der Waals surface area (Å²) in [5.74, 6) is -1.32. The standard InChI is InChI=1S/C20H23F2N3O3S/c1-13(2)29(27,28)25-11-19(12-25)24(3)20(26)23-18-6-4-14(5-7-18)15-8-16(21)10-17(22)9-15/h4-10,13,19H,11-12H2,1-3H3,(H,23,26). The molecule has 0 saturated carbocycles. The summed E-state index contributed by atoms with van der Waals surface area (Å²) in [5.41, 5.74) is 1.54. The lowest BCUT2D eigenvalue weighted by Crippen LogP contribution is -2.62. The fourth-order valence-electron chi connectivity index (χ4n) is 3.01. The maximum atomic E-state index is 13.4. The summed E-state index contributed by atoms with van der Waals surface area (Å²) < 4.78 is 52.3. The maximum absolute atomic E-state index is 13.4. The van der Waals surface area contributed by atoms with E-state index >= 15 is 0 Å². The van der Waals surface area contributed by atoms with Gasteiger partial charge in [0.05, 0.1) is 11.3 Å². The minimum absolute atomic E-state index is 0.196. The van der Waals surface area contributed by atoms with Crippen molar-refractivity contribution in [2.45, 2.75) is 25.1 Å². The van der Waals surface area contributed by atoms with Gasteiger partial charge in [-0.2, -0.15) is 4.31 Å². The molecule has 1 aliphatic heterocycles. The number of halogens is 2. The average Bonchev–Trinajstić information content (AvgIpc) is 2.59. The first-order valence-corrected chi connectivity index (χ1v) is 10.7. The number of sulfonamides is 1. The molecule has 0 spiro atoms. The second kappa shape index (κ2) is 8.08. The van der Waals surface area contributed by atoms with Gasteiger partial charge in [-0.25, -0.2) is 22.0 Å². The molecule has 156 valence electrons. The van der Waals surface area contributed by atoms with E-state index in [2.05, 4.69) is 5.32 Å². The Morgan fingerprint density at radius 1 is 1.07 bits per heavy atom. The van der Waals surface area contributed by atoms with Gasteiger partial charge in [0, 0.05) is 31.9 Å². The molecule has 0 bridgehead atoms. The molecule has 2 amide bonds. The first-order chi connectivity index (χ1) is 13.6. The third-order valence-electron chi connectivity index (χ3n) is 4.98. The van der Waals surface area contributed by atoms with Gasteiger partial charge in [-0.05, 0) is 49.2 Å². The fraction of sp³-hybridized carbons (Fsp3) is 0.350. The van der Waals surface area contributed by atoms with Crippen LogP contribution in [0.1, 0.15) is 13.8 Å². The van der Waals surface area contributed by atoms with Crippen molar-refractivity contribution in [1.29, 1.82) is 0 Å². The van der Waals surface area contributed by atoms with Gasteiger partial charge >= 0.3 is 6.03 Å². The molecular weight excluding hydrogens is 400 g/mol. The zero-order valence-corrected chi connectivity index (χ0v) is 17.2. The summed E-state index contributed by atoms with van der Waals surface area (Å²) in [4.78, 5) is 13.9. The smallest absolute Gasteiger partial charge is 0.321 e. The minimum Gasteiger partial charge on any atom is -0.322 e. The lowest BCUT2D eigenvalue weighted by molar-refractivity contribution is 0.131. The average molecular weight is 423 g/mol. The largest absolute Gasteiger partial charge is 0.322 e. The fourth-order valence-corrected chi connectivity index (χ4v) is 4.37. The summed E-state index contributed by atoms with van der Waals surface area (Å²) in [6.07, 6.45) is 0. The van der Waals surface area contributed by atoms with Gasteiger partial charge in [0.2, 0.25) is 10.0 Å². The number of hydrogen-bond acceptors (Lipinski definition) is 3. The van der Waals surface area contributed by atoms with Gasteiger partial charge in [-0.1, -0.05) is 12.1 Å². The van der Waals surface area contributed by atoms with Gasteiger partial charge in [0.1, 0.15) is 11.6 Å². The Hall–Kier alpha value is -2.52. The molecule has 9 heteroatoms. The Kier molecular flexibility index (Phi) is 5.90. The van der Waals surface area contributed by atoms with Gasteiger partial charge in [0.15, 0.2) is 0 Å². The van der Waals surface area contributed by atoms with E-state index in [1.165, 1.54) is 21.3 Å². The number of amides is 2. The van der Waals surface area contributed by atoms with E-state index in [9.17, 15) is 22.0 Å². The van der Waals surface area contributed by atoms with E-state index < -0.39 is 26.9 Å². The van der Waals surface area contributed by atoms with Crippen molar-refractivity contribution in [3.05, 3.63) is 54.1 Å². The molecule has 1 fully saturated rings. The molecule has 3 rings (SSSR count). The van der Waals surface area contributed by atoms with Crippen molar-refractivity contribution in [2.24, 2.45) is 0 Å². The highest BCUT2D eigenvalue weighted by Gasteiger charge is 2.40. The highest BCUT2D eigenvalue weighted by Crippen LogP contribution is 2.24. The molecule has 29 heavy (non-hydrogen) atoms. The SMILES string of the molecule is CC(C)S(=O)(=O)N1CC(N(C)C(=O)Nc2ccc(-c3cc(F)cc(F)c3)cc2)C1. The van der Waals surface area contributed by atoms with E-state index in [1.807, 2.05) is 0 Å². The Bertz CT molecular complexity index is 984. The molecule has 1 saturated heterocycles. The van der Waals surface area contributed by atoms with Crippen LogP contribution >= 0.6 is 0 Å². The predicted molar refractivity (Wildman–Crippen MR) is 108 cm³/mol. The van der Waals surface area contributed by atoms with Crippen molar-refractivity contribution < 1.29 is 22.0 Å². The zero-order chi connectivity index (χ0) is 21.3. The van der Waals surface area contributed by atoms with Crippen LogP contribution in [0.2, 0.25) is 0 Å². The zero-order valence-electron chi connectivity index (χ0n) is 16.4. The van der Waals surface area contributed by atoms with Crippen molar-refractivity contribution >= 4 is 21.7 Å². The number of likely N-dealkylation sites (N-methyl/N-ethyl adjacent to an activating group) is 1. The number of anilines is 1. The molecule has 0 aromatic heterocycles. The van der Waals surface area contributed by atoms with Crippen molar-refractivity contribution in [1.82, 2.24) is 9.21 Å². The predicted octanol–water partition coefficient (Wildman–Crippen LogP) is 3.52. The Morgan fingerprint density at radius 2 is 1.62 bits per heavy atom. The molecule has 1 heterocycles. The Balaban J connectivity index is 1.60. The van der Waals surface area contributed by atoms with Crippen LogP contribution in [0.3, 0.4) is 0 Å². The summed E-state index contributed by atoms with van der Waals surface area (Å²) >= 11 is 0. The van der Waals surface area contributed by atoms with Crippen molar-refractivity contribution in [2.75, 3.05) is 25.5 Å². The van der Waals surface area contributed by atoms with Crippen LogP contribution in [0.15, 0.2) is 42.5 Å². The third kappa shape index (κ3) is 4.56. The molecule has 0 aliphatic carbocycles. The summed E-state index contributed by atoms with van der Waals surface area (Å²) in [5, 5.41) is 2.25. The number of benzene rings is 2. The van der Waals surface area contributed by atoms with Crippen LogP contribution in [0.4, 0.5) is 19.3 Å². The van der Waals surface area contributed by atoms with Gasteiger partial charge < -0.3 is 10.2 Å². The number of rotatable bonds is 5. The number of nitrogens with one attached hydrogen (secondary N) is 1.